The van der Waals surface area contributed by atoms with Crippen LogP contribution in [0.2, 0.25) is 0 Å². The Bertz CT molecular complexity index is 1060. The molecule has 0 unspecified atom stereocenters. The molecule has 5 nitrogen and oxygen atoms in total. The van der Waals surface area contributed by atoms with Gasteiger partial charge in [-0.15, -0.1) is 0 Å². The number of alkyl halides is 2. The number of ether oxygens (including phenoxy) is 2. The number of benzene rings is 2. The molecule has 0 atom stereocenters. The number of hydrogen-bond donors (Lipinski definition) is 1. The van der Waals surface area contributed by atoms with E-state index in [9.17, 15) is 13.6 Å². The summed E-state index contributed by atoms with van der Waals surface area (Å²) >= 11 is 0. The van der Waals surface area contributed by atoms with Gasteiger partial charge in [0.25, 0.3) is 0 Å². The van der Waals surface area contributed by atoms with E-state index in [0.717, 1.165) is 27.8 Å². The molecule has 1 aromatic heterocycles. The molecular formula is C23H24F2O5. The van der Waals surface area contributed by atoms with Crippen molar-refractivity contribution in [2.45, 2.75) is 53.3 Å². The zero-order chi connectivity index (χ0) is 21.8. The molecule has 1 heterocycles. The Morgan fingerprint density at radius 3 is 2.53 bits per heavy atom. The largest absolute Gasteiger partial charge is 0.488 e. The van der Waals surface area contributed by atoms with E-state index < -0.39 is 12.6 Å². The second-order valence-corrected chi connectivity index (χ2v) is 7.06. The quantitative estimate of drug-likeness (QED) is 0.475. The number of carboxylic acids is 1. The summed E-state index contributed by atoms with van der Waals surface area (Å²) in [7, 11) is 0. The Morgan fingerprint density at radius 1 is 1.13 bits per heavy atom. The van der Waals surface area contributed by atoms with Gasteiger partial charge in [0.05, 0.1) is 5.56 Å². The lowest BCUT2D eigenvalue weighted by atomic mass is 9.99. The number of carbonyl (C=O) groups is 1. The summed E-state index contributed by atoms with van der Waals surface area (Å²) < 4.78 is 42.2. The summed E-state index contributed by atoms with van der Waals surface area (Å²) in [5, 5.41) is 9.69. The van der Waals surface area contributed by atoms with Crippen molar-refractivity contribution in [3.63, 3.8) is 0 Å². The minimum absolute atomic E-state index is 0.00911. The van der Waals surface area contributed by atoms with Crippen LogP contribution in [0.15, 0.2) is 34.7 Å². The van der Waals surface area contributed by atoms with Crippen LogP contribution >= 0.6 is 0 Å². The van der Waals surface area contributed by atoms with Crippen molar-refractivity contribution in [2.24, 2.45) is 0 Å². The molecule has 0 aliphatic heterocycles. The third-order valence-corrected chi connectivity index (χ3v) is 5.19. The molecule has 0 fully saturated rings. The molecule has 0 saturated carbocycles. The van der Waals surface area contributed by atoms with Gasteiger partial charge in [-0.3, -0.25) is 4.79 Å². The average molecular weight is 418 g/mol. The van der Waals surface area contributed by atoms with Gasteiger partial charge in [0, 0.05) is 18.2 Å². The summed E-state index contributed by atoms with van der Waals surface area (Å²) in [5.74, 6) is 0.503. The Labute approximate surface area is 173 Å². The third-order valence-electron chi connectivity index (χ3n) is 5.19. The van der Waals surface area contributed by atoms with E-state index in [-0.39, 0.29) is 18.8 Å². The second-order valence-electron chi connectivity index (χ2n) is 7.06. The summed E-state index contributed by atoms with van der Waals surface area (Å²) in [6.07, 6.45) is 1.16. The van der Waals surface area contributed by atoms with Crippen LogP contribution in [0.4, 0.5) is 8.78 Å². The molecule has 0 saturated heterocycles. The van der Waals surface area contributed by atoms with Crippen LogP contribution in [0.1, 0.15) is 41.4 Å². The zero-order valence-electron chi connectivity index (χ0n) is 17.1. The van der Waals surface area contributed by atoms with E-state index in [1.807, 2.05) is 32.9 Å². The summed E-state index contributed by atoms with van der Waals surface area (Å²) in [6, 6.07) is 8.66. The third kappa shape index (κ3) is 4.72. The van der Waals surface area contributed by atoms with Gasteiger partial charge >= 0.3 is 12.6 Å². The van der Waals surface area contributed by atoms with Crippen LogP contribution in [0, 0.1) is 13.8 Å². The number of hydrogen-bond acceptors (Lipinski definition) is 4. The van der Waals surface area contributed by atoms with Crippen molar-refractivity contribution < 1.29 is 32.6 Å². The first-order valence-corrected chi connectivity index (χ1v) is 9.73. The number of carboxylic acid groups (broad SMARTS) is 1. The zero-order valence-corrected chi connectivity index (χ0v) is 17.1. The second kappa shape index (κ2) is 9.15. The smallest absolute Gasteiger partial charge is 0.387 e. The highest BCUT2D eigenvalue weighted by Crippen LogP contribution is 2.34. The molecule has 0 aliphatic carbocycles. The first-order valence-electron chi connectivity index (χ1n) is 9.73. The van der Waals surface area contributed by atoms with Crippen LogP contribution in [-0.2, 0) is 24.2 Å². The van der Waals surface area contributed by atoms with E-state index in [1.54, 1.807) is 12.1 Å². The Kier molecular flexibility index (Phi) is 6.59. The summed E-state index contributed by atoms with van der Waals surface area (Å²) in [4.78, 5) is 10.8. The van der Waals surface area contributed by atoms with E-state index >= 15 is 0 Å². The molecule has 3 rings (SSSR count). The standard InChI is InChI=1S/C23H24F2O5/c1-4-17-11-16-6-9-20(30-23(24)25)18(22(16)29-17)12-28-19-8-5-15(7-10-21(26)27)13(2)14(19)3/h5-6,8-9,11,23H,4,7,10,12H2,1-3H3,(H,26,27). The molecule has 30 heavy (non-hydrogen) atoms. The van der Waals surface area contributed by atoms with E-state index in [4.69, 9.17) is 14.3 Å². The van der Waals surface area contributed by atoms with Gasteiger partial charge in [-0.05, 0) is 61.2 Å². The lowest BCUT2D eigenvalue weighted by Crippen LogP contribution is -2.07. The number of aliphatic carboxylic acids is 1. The molecule has 160 valence electrons. The predicted molar refractivity (Wildman–Crippen MR) is 108 cm³/mol. The first-order chi connectivity index (χ1) is 14.3. The van der Waals surface area contributed by atoms with Crippen molar-refractivity contribution in [3.8, 4) is 11.5 Å². The SMILES string of the molecule is CCc1cc2ccc(OC(F)F)c(COc3ccc(CCC(=O)O)c(C)c3C)c2o1. The molecule has 0 bridgehead atoms. The highest BCUT2D eigenvalue weighted by molar-refractivity contribution is 5.83. The molecular weight excluding hydrogens is 394 g/mol. The molecule has 1 N–H and O–H groups in total. The number of furan rings is 1. The normalized spacial score (nSPS) is 11.3. The number of fused-ring (bicyclic) bond motifs is 1. The number of aryl methyl sites for hydroxylation is 2. The monoisotopic (exact) mass is 418 g/mol. The molecule has 7 heteroatoms. The van der Waals surface area contributed by atoms with Gasteiger partial charge in [-0.2, -0.15) is 8.78 Å². The van der Waals surface area contributed by atoms with Crippen molar-refractivity contribution in [1.29, 1.82) is 0 Å². The van der Waals surface area contributed by atoms with E-state index in [2.05, 4.69) is 4.74 Å². The maximum absolute atomic E-state index is 12.9. The van der Waals surface area contributed by atoms with Crippen molar-refractivity contribution in [3.05, 3.63) is 58.3 Å². The topological polar surface area (TPSA) is 68.9 Å². The van der Waals surface area contributed by atoms with Gasteiger partial charge in [0.2, 0.25) is 0 Å². The Hall–Kier alpha value is -3.09. The number of rotatable bonds is 9. The number of halogens is 2. The maximum Gasteiger partial charge on any atom is 0.387 e. The van der Waals surface area contributed by atoms with Gasteiger partial charge in [-0.25, -0.2) is 0 Å². The highest BCUT2D eigenvalue weighted by Gasteiger charge is 2.18. The van der Waals surface area contributed by atoms with Gasteiger partial charge in [0.1, 0.15) is 29.4 Å². The molecule has 0 amide bonds. The average Bonchev–Trinajstić information content (AvgIpc) is 3.12. The van der Waals surface area contributed by atoms with Crippen molar-refractivity contribution in [1.82, 2.24) is 0 Å². The lowest BCUT2D eigenvalue weighted by Gasteiger charge is -2.16. The van der Waals surface area contributed by atoms with Crippen LogP contribution in [-0.4, -0.2) is 17.7 Å². The molecule has 0 radical (unpaired) electrons. The minimum Gasteiger partial charge on any atom is -0.488 e. The predicted octanol–water partition coefficient (Wildman–Crippen LogP) is 5.81. The summed E-state index contributed by atoms with van der Waals surface area (Å²) in [6.45, 7) is 2.77. The lowest BCUT2D eigenvalue weighted by molar-refractivity contribution is -0.136. The molecule has 3 aromatic rings. The minimum atomic E-state index is -2.96. The molecule has 0 aliphatic rings. The molecule has 2 aromatic carbocycles. The molecule has 0 spiro atoms. The fourth-order valence-electron chi connectivity index (χ4n) is 3.38. The van der Waals surface area contributed by atoms with E-state index in [1.165, 1.54) is 6.07 Å². The van der Waals surface area contributed by atoms with Crippen LogP contribution < -0.4 is 9.47 Å². The highest BCUT2D eigenvalue weighted by atomic mass is 19.3. The van der Waals surface area contributed by atoms with Crippen molar-refractivity contribution in [2.75, 3.05) is 0 Å². The van der Waals surface area contributed by atoms with E-state index in [0.29, 0.717) is 29.7 Å². The fourth-order valence-corrected chi connectivity index (χ4v) is 3.38. The maximum atomic E-state index is 12.9. The van der Waals surface area contributed by atoms with Gasteiger partial charge in [0.15, 0.2) is 0 Å². The van der Waals surface area contributed by atoms with Crippen LogP contribution in [0.5, 0.6) is 11.5 Å². The Balaban J connectivity index is 1.90. The van der Waals surface area contributed by atoms with Crippen LogP contribution in [0.3, 0.4) is 0 Å². The van der Waals surface area contributed by atoms with Crippen LogP contribution in [0.25, 0.3) is 11.0 Å². The van der Waals surface area contributed by atoms with Crippen molar-refractivity contribution >= 4 is 16.9 Å². The summed E-state index contributed by atoms with van der Waals surface area (Å²) in [5.41, 5.74) is 3.64. The Morgan fingerprint density at radius 2 is 1.87 bits per heavy atom. The van der Waals surface area contributed by atoms with Gasteiger partial charge in [-0.1, -0.05) is 13.0 Å². The first kappa shape index (κ1) is 21.6. The fraction of sp³-hybridized carbons (Fsp3) is 0.348. The van der Waals surface area contributed by atoms with Gasteiger partial charge < -0.3 is 19.0 Å².